The summed E-state index contributed by atoms with van der Waals surface area (Å²) in [5.41, 5.74) is -3.95. The summed E-state index contributed by atoms with van der Waals surface area (Å²) in [6.07, 6.45) is 18.3. The maximum atomic E-state index is 12.7. The third-order valence-electron chi connectivity index (χ3n) is 42.5. The number of aliphatic hydroxyl groups excluding tert-OH is 1. The Balaban J connectivity index is 0.000000116. The lowest BCUT2D eigenvalue weighted by Crippen LogP contribution is -2.60. The lowest BCUT2D eigenvalue weighted by atomic mass is 9.38. The van der Waals surface area contributed by atoms with Gasteiger partial charge in [-0.25, -0.2) is 0 Å². The number of hydrogen-bond donors (Lipinski definition) is 3. The van der Waals surface area contributed by atoms with E-state index in [4.69, 9.17) is 0 Å². The molecule has 0 aromatic heterocycles. The summed E-state index contributed by atoms with van der Waals surface area (Å²) >= 11 is 0. The SMILES string of the molecule is CC1C(C)C2CC1C1C3CC(C21)C(C(C)(C)C)C3.CC1C(C)C2CCC1C1C3CCC(C21)C(C(C)(C)C)C3.CC1C2CC(CC(C)(O)C(F)(F)F)C(C2)C1C.CC1C2CC(CCC(C)(O)C(F)(F)F)C(C2)C1C.CC1C2CCC(C(CC(F)(F)F)C2)C1C.CC1C2CCC(CC2)C1C.CC1CC2C3CCC(CC3CO)C2C1C. The molecule has 0 heterocycles. The van der Waals surface area contributed by atoms with Gasteiger partial charge in [0.2, 0.25) is 0 Å². The quantitative estimate of drug-likeness (QED) is 0.176. The zero-order chi connectivity index (χ0) is 82.7. The molecule has 654 valence electrons. The first-order valence-corrected chi connectivity index (χ1v) is 48.7. The number of rotatable bonds is 7. The molecule has 0 aliphatic heterocycles. The summed E-state index contributed by atoms with van der Waals surface area (Å²) in [5, 5.41) is 28.5. The highest BCUT2D eigenvalue weighted by Crippen LogP contribution is 2.74. The Kier molecular flexibility index (Phi) is 26.6. The van der Waals surface area contributed by atoms with Crippen molar-refractivity contribution in [1.29, 1.82) is 0 Å². The van der Waals surface area contributed by atoms with E-state index in [1.807, 2.05) is 0 Å². The Bertz CT molecular complexity index is 3070. The molecule has 44 unspecified atom stereocenters. The minimum absolute atomic E-state index is 0.0443. The molecule has 0 amide bonds. The van der Waals surface area contributed by atoms with Crippen LogP contribution < -0.4 is 0 Å². The van der Waals surface area contributed by atoms with E-state index in [9.17, 15) is 54.8 Å². The van der Waals surface area contributed by atoms with Crippen LogP contribution in [0.4, 0.5) is 39.5 Å². The first kappa shape index (κ1) is 90.0. The van der Waals surface area contributed by atoms with Crippen LogP contribution in [0.25, 0.3) is 0 Å². The summed E-state index contributed by atoms with van der Waals surface area (Å²) < 4.78 is 113. The number of halogens is 9. The largest absolute Gasteiger partial charge is 0.416 e. The van der Waals surface area contributed by atoms with Crippen LogP contribution in [0.5, 0.6) is 0 Å². The number of hydrogen-bond acceptors (Lipinski definition) is 3. The molecule has 0 radical (unpaired) electrons. The van der Waals surface area contributed by atoms with Crippen molar-refractivity contribution >= 4 is 0 Å². The molecular formula is C101H169F9O3. The Hall–Kier alpha value is -0.750. The van der Waals surface area contributed by atoms with Crippen molar-refractivity contribution in [2.75, 3.05) is 6.61 Å². The minimum atomic E-state index is -4.51. The lowest BCUT2D eigenvalue weighted by molar-refractivity contribution is -0.260. The average Bonchev–Trinajstić information content (AvgIpc) is 1.57. The van der Waals surface area contributed by atoms with E-state index in [1.165, 1.54) is 57.8 Å². The Morgan fingerprint density at radius 2 is 0.619 bits per heavy atom. The Morgan fingerprint density at radius 1 is 0.257 bits per heavy atom. The first-order valence-electron chi connectivity index (χ1n) is 48.7. The van der Waals surface area contributed by atoms with Crippen molar-refractivity contribution in [3.8, 4) is 0 Å². The monoisotopic (exact) mass is 1600 g/mol. The summed E-state index contributed by atoms with van der Waals surface area (Å²) in [7, 11) is 0. The first-order chi connectivity index (χ1) is 52.4. The zero-order valence-corrected chi connectivity index (χ0v) is 75.4. The number of fused-ring (bicyclic) bond motifs is 25. The van der Waals surface area contributed by atoms with Crippen molar-refractivity contribution in [3.63, 3.8) is 0 Å². The van der Waals surface area contributed by atoms with Crippen molar-refractivity contribution in [2.45, 2.75) is 355 Å². The van der Waals surface area contributed by atoms with Crippen LogP contribution in [-0.2, 0) is 0 Å². The van der Waals surface area contributed by atoms with Crippen molar-refractivity contribution in [3.05, 3.63) is 0 Å². The van der Waals surface area contributed by atoms with Gasteiger partial charge in [0.15, 0.2) is 11.2 Å². The fourth-order valence-corrected chi connectivity index (χ4v) is 35.0. The van der Waals surface area contributed by atoms with Gasteiger partial charge in [-0.05, 0) is 452 Å². The second kappa shape index (κ2) is 33.4. The highest BCUT2D eigenvalue weighted by Gasteiger charge is 2.68. The molecule has 24 saturated carbocycles. The highest BCUT2D eigenvalue weighted by molar-refractivity contribution is 5.16. The van der Waals surface area contributed by atoms with Gasteiger partial charge in [-0.2, -0.15) is 39.5 Å². The van der Waals surface area contributed by atoms with Gasteiger partial charge in [0.1, 0.15) is 0 Å². The molecule has 0 saturated heterocycles. The maximum Gasteiger partial charge on any atom is 0.416 e. The second-order valence-corrected chi connectivity index (χ2v) is 48.7. The molecule has 113 heavy (non-hydrogen) atoms. The van der Waals surface area contributed by atoms with Gasteiger partial charge in [0.05, 0.1) is 0 Å². The van der Waals surface area contributed by atoms with Crippen molar-refractivity contribution in [1.82, 2.24) is 0 Å². The molecular weight excluding hydrogens is 1430 g/mol. The predicted molar refractivity (Wildman–Crippen MR) is 443 cm³/mol. The van der Waals surface area contributed by atoms with Crippen LogP contribution in [0, 0.1) is 271 Å². The van der Waals surface area contributed by atoms with Gasteiger partial charge in [0.25, 0.3) is 0 Å². The molecule has 24 rings (SSSR count). The van der Waals surface area contributed by atoms with Crippen LogP contribution in [0.1, 0.15) is 326 Å². The van der Waals surface area contributed by atoms with Gasteiger partial charge in [-0.3, -0.25) is 0 Å². The fourth-order valence-electron chi connectivity index (χ4n) is 35.0. The Labute approximate surface area is 684 Å². The predicted octanol–water partition coefficient (Wildman–Crippen LogP) is 28.4. The molecule has 0 aromatic rings. The molecule has 24 fully saturated rings. The van der Waals surface area contributed by atoms with E-state index in [-0.39, 0.29) is 24.7 Å². The molecule has 0 spiro atoms. The molecule has 18 bridgehead atoms. The van der Waals surface area contributed by atoms with Crippen LogP contribution in [-0.4, -0.2) is 51.7 Å². The standard InChI is InChI=1S/C20H34.C18H30.C14H23F3O.C14H24O.C13H21F3O.C12H19F3.C10H18/c1-11-12(2)15-9-8-14(11)18-13-6-7-16(19(15)18)17(10-13)20(3,4)5;1-9-10(2)13-8-12(9)16-11-6-14(17(13)16)15(7-11)18(3,4)5;1-8-9(2)12-7-11(8)6-10(12)4-5-13(3,18)14(15,16)17;1-8-5-13-12-4-3-10(6-11(12)7-15)14(13)9(8)2;1-7-8(2)11-5-9(7)4-10(11)6-12(3,17)13(14,15)16;1-7-8(2)11-4-3-9(7)5-10(11)6-12(13,14)15;1-7-8(2)10-5-3-9(7)4-6-10/h11-19H,6-10H2,1-5H3;9-17H,6-8H2,1-5H3;8-12,18H,4-7H2,1-3H3;8-15H,3-7H2,1-2H3;7-11,17H,4-6H2,1-3H3;7-11H,3-6H2,1-2H3;7-10H,3-6H2,1-2H3. The third-order valence-corrected chi connectivity index (χ3v) is 42.5. The molecule has 0 aromatic carbocycles. The number of aliphatic hydroxyl groups is 3. The summed E-state index contributed by atoms with van der Waals surface area (Å²) in [6.45, 7) is 50.6. The van der Waals surface area contributed by atoms with Gasteiger partial charge in [-0.15, -0.1) is 0 Å². The smallest absolute Gasteiger partial charge is 0.396 e. The van der Waals surface area contributed by atoms with Crippen LogP contribution in [0.3, 0.4) is 0 Å². The van der Waals surface area contributed by atoms with Gasteiger partial charge in [0, 0.05) is 13.0 Å². The summed E-state index contributed by atoms with van der Waals surface area (Å²) in [5.74, 6) is 37.1. The number of alkyl halides is 9. The van der Waals surface area contributed by atoms with Crippen LogP contribution in [0.15, 0.2) is 0 Å². The zero-order valence-electron chi connectivity index (χ0n) is 75.4. The van der Waals surface area contributed by atoms with Crippen LogP contribution in [0.2, 0.25) is 0 Å². The van der Waals surface area contributed by atoms with E-state index in [0.717, 1.165) is 224 Å². The minimum Gasteiger partial charge on any atom is -0.396 e. The molecule has 44 atom stereocenters. The van der Waals surface area contributed by atoms with Crippen LogP contribution >= 0.6 is 0 Å². The van der Waals surface area contributed by atoms with Gasteiger partial charge in [-0.1, -0.05) is 138 Å². The highest BCUT2D eigenvalue weighted by atomic mass is 19.4. The maximum absolute atomic E-state index is 12.7. The molecule has 24 aliphatic rings. The van der Waals surface area contributed by atoms with E-state index in [1.54, 1.807) is 51.4 Å². The Morgan fingerprint density at radius 3 is 1.12 bits per heavy atom. The van der Waals surface area contributed by atoms with Crippen molar-refractivity contribution < 1.29 is 54.8 Å². The topological polar surface area (TPSA) is 60.7 Å². The fraction of sp³-hybridized carbons (Fsp3) is 1.00. The lowest BCUT2D eigenvalue weighted by Gasteiger charge is -2.67. The third kappa shape index (κ3) is 17.3. The van der Waals surface area contributed by atoms with E-state index >= 15 is 0 Å². The molecule has 3 nitrogen and oxygen atoms in total. The van der Waals surface area contributed by atoms with Crippen molar-refractivity contribution in [2.24, 2.45) is 271 Å². The van der Waals surface area contributed by atoms with Gasteiger partial charge < -0.3 is 15.3 Å². The van der Waals surface area contributed by atoms with E-state index < -0.39 is 36.2 Å². The van der Waals surface area contributed by atoms with Gasteiger partial charge >= 0.3 is 18.5 Å². The second-order valence-electron chi connectivity index (χ2n) is 48.7. The van der Waals surface area contributed by atoms with E-state index in [2.05, 4.69) is 138 Å². The average molecular weight is 1600 g/mol. The normalized spacial score (nSPS) is 52.2. The summed E-state index contributed by atoms with van der Waals surface area (Å²) in [6, 6.07) is 0. The molecule has 24 aliphatic carbocycles. The molecule has 3 N–H and O–H groups in total. The van der Waals surface area contributed by atoms with E-state index in [0.29, 0.717) is 101 Å². The molecule has 12 heteroatoms. The summed E-state index contributed by atoms with van der Waals surface area (Å²) in [4.78, 5) is 0.